The van der Waals surface area contributed by atoms with E-state index in [1.54, 1.807) is 6.92 Å². The minimum absolute atomic E-state index is 0.0883. The Bertz CT molecular complexity index is 860. The normalized spacial score (nSPS) is 10.8. The summed E-state index contributed by atoms with van der Waals surface area (Å²) in [5.74, 6) is -0.744. The predicted octanol–water partition coefficient (Wildman–Crippen LogP) is 3.43. The Morgan fingerprint density at radius 1 is 1.32 bits per heavy atom. The van der Waals surface area contributed by atoms with Gasteiger partial charge < -0.3 is 15.4 Å². The monoisotopic (exact) mass is 314 g/mol. The zero-order chi connectivity index (χ0) is 15.7. The van der Waals surface area contributed by atoms with Crippen LogP contribution in [-0.2, 0) is 0 Å². The third kappa shape index (κ3) is 2.50. The van der Waals surface area contributed by atoms with E-state index in [-0.39, 0.29) is 5.56 Å². The quantitative estimate of drug-likeness (QED) is 0.505. The van der Waals surface area contributed by atoms with Crippen LogP contribution in [0.2, 0.25) is 0 Å². The first-order valence-corrected chi connectivity index (χ1v) is 7.81. The summed E-state index contributed by atoms with van der Waals surface area (Å²) in [6.45, 7) is 1.67. The molecule has 0 aliphatic carbocycles. The third-order valence-electron chi connectivity index (χ3n) is 3.31. The van der Waals surface area contributed by atoms with Crippen LogP contribution in [0.4, 0.5) is 11.5 Å². The van der Waals surface area contributed by atoms with E-state index in [1.165, 1.54) is 11.8 Å². The van der Waals surface area contributed by atoms with Crippen LogP contribution in [0.5, 0.6) is 0 Å². The molecule has 0 unspecified atom stereocenters. The van der Waals surface area contributed by atoms with Crippen molar-refractivity contribution >= 4 is 40.1 Å². The molecule has 2 heterocycles. The molecule has 0 aliphatic heterocycles. The second kappa shape index (κ2) is 5.69. The molecule has 7 heteroatoms. The highest BCUT2D eigenvalue weighted by molar-refractivity contribution is 7.98. The molecule has 0 spiro atoms. The summed E-state index contributed by atoms with van der Waals surface area (Å²) in [6, 6.07) is 7.67. The largest absolute Gasteiger partial charge is 0.477 e. The first-order chi connectivity index (χ1) is 10.6. The van der Waals surface area contributed by atoms with Crippen LogP contribution in [0, 0.1) is 6.92 Å². The number of hydrogen-bond acceptors (Lipinski definition) is 5. The fourth-order valence-electron chi connectivity index (χ4n) is 2.31. The van der Waals surface area contributed by atoms with Gasteiger partial charge in [0.1, 0.15) is 11.4 Å². The van der Waals surface area contributed by atoms with Crippen molar-refractivity contribution in [2.75, 3.05) is 11.6 Å². The van der Waals surface area contributed by atoms with Crippen LogP contribution >= 0.6 is 11.8 Å². The zero-order valence-corrected chi connectivity index (χ0v) is 12.9. The standard InChI is InChI=1S/C15H14N4O2S/c1-8-12(14(20)21)13(19-15(17-8)22-2)18-11-5-3-4-10-9(11)6-7-16-10/h3-7,16H,1-2H3,(H,20,21)(H,17,18,19). The van der Waals surface area contributed by atoms with Gasteiger partial charge in [-0.05, 0) is 31.4 Å². The maximum Gasteiger partial charge on any atom is 0.341 e. The van der Waals surface area contributed by atoms with Gasteiger partial charge in [-0.15, -0.1) is 0 Å². The molecule has 22 heavy (non-hydrogen) atoms. The zero-order valence-electron chi connectivity index (χ0n) is 12.0. The van der Waals surface area contributed by atoms with Gasteiger partial charge in [0.2, 0.25) is 0 Å². The number of nitrogens with one attached hydrogen (secondary N) is 2. The smallest absolute Gasteiger partial charge is 0.341 e. The minimum Gasteiger partial charge on any atom is -0.477 e. The van der Waals surface area contributed by atoms with Crippen LogP contribution in [0.1, 0.15) is 16.1 Å². The molecular weight excluding hydrogens is 300 g/mol. The van der Waals surface area contributed by atoms with Gasteiger partial charge in [0, 0.05) is 22.8 Å². The fourth-order valence-corrected chi connectivity index (χ4v) is 2.72. The van der Waals surface area contributed by atoms with E-state index in [4.69, 9.17) is 0 Å². The highest BCUT2D eigenvalue weighted by Gasteiger charge is 2.18. The molecule has 3 aromatic rings. The van der Waals surface area contributed by atoms with Crippen LogP contribution in [-0.4, -0.2) is 32.3 Å². The summed E-state index contributed by atoms with van der Waals surface area (Å²) in [5, 5.41) is 14.1. The van der Waals surface area contributed by atoms with Crippen molar-refractivity contribution in [2.45, 2.75) is 12.1 Å². The summed E-state index contributed by atoms with van der Waals surface area (Å²) in [7, 11) is 0. The number of nitrogens with zero attached hydrogens (tertiary/aromatic N) is 2. The molecule has 2 aromatic heterocycles. The molecule has 0 atom stereocenters. The van der Waals surface area contributed by atoms with E-state index in [0.717, 1.165) is 16.6 Å². The van der Waals surface area contributed by atoms with Gasteiger partial charge in [0.05, 0.1) is 5.69 Å². The maximum absolute atomic E-state index is 11.5. The Kier molecular flexibility index (Phi) is 3.72. The summed E-state index contributed by atoms with van der Waals surface area (Å²) in [5.41, 5.74) is 2.30. The summed E-state index contributed by atoms with van der Waals surface area (Å²) >= 11 is 1.37. The van der Waals surface area contributed by atoms with Crippen molar-refractivity contribution in [3.63, 3.8) is 0 Å². The molecule has 0 bridgehead atoms. The van der Waals surface area contributed by atoms with Gasteiger partial charge in [-0.3, -0.25) is 0 Å². The lowest BCUT2D eigenvalue weighted by Gasteiger charge is -2.12. The Morgan fingerprint density at radius 2 is 2.14 bits per heavy atom. The molecule has 0 radical (unpaired) electrons. The molecule has 1 aromatic carbocycles. The van der Waals surface area contributed by atoms with Crippen molar-refractivity contribution in [3.8, 4) is 0 Å². The van der Waals surface area contributed by atoms with E-state index in [1.807, 2.05) is 36.7 Å². The van der Waals surface area contributed by atoms with Crippen molar-refractivity contribution < 1.29 is 9.90 Å². The van der Waals surface area contributed by atoms with Crippen LogP contribution in [0.15, 0.2) is 35.6 Å². The number of aromatic amines is 1. The van der Waals surface area contributed by atoms with Gasteiger partial charge in [0.15, 0.2) is 5.16 Å². The number of aromatic nitrogens is 3. The first-order valence-electron chi connectivity index (χ1n) is 6.59. The number of carboxylic acids is 1. The summed E-state index contributed by atoms with van der Waals surface area (Å²) in [4.78, 5) is 23.1. The average Bonchev–Trinajstić information content (AvgIpc) is 2.95. The Labute approximate surface area is 131 Å². The van der Waals surface area contributed by atoms with E-state index in [9.17, 15) is 9.90 Å². The number of thioether (sulfide) groups is 1. The number of carbonyl (C=O) groups is 1. The molecule has 0 saturated heterocycles. The summed E-state index contributed by atoms with van der Waals surface area (Å²) in [6.07, 6.45) is 3.69. The topological polar surface area (TPSA) is 90.9 Å². The Balaban J connectivity index is 2.13. The molecule has 0 saturated carbocycles. The Morgan fingerprint density at radius 3 is 2.86 bits per heavy atom. The molecular formula is C15H14N4O2S. The van der Waals surface area contributed by atoms with Crippen LogP contribution in [0.3, 0.4) is 0 Å². The molecule has 3 N–H and O–H groups in total. The highest BCUT2D eigenvalue weighted by atomic mass is 32.2. The van der Waals surface area contributed by atoms with Crippen LogP contribution in [0.25, 0.3) is 10.9 Å². The molecule has 112 valence electrons. The number of aryl methyl sites for hydroxylation is 1. The van der Waals surface area contributed by atoms with Crippen LogP contribution < -0.4 is 5.32 Å². The molecule has 0 amide bonds. The molecule has 0 fully saturated rings. The molecule has 6 nitrogen and oxygen atoms in total. The number of aromatic carboxylic acids is 1. The number of fused-ring (bicyclic) bond motifs is 1. The van der Waals surface area contributed by atoms with E-state index in [0.29, 0.717) is 16.7 Å². The van der Waals surface area contributed by atoms with Crippen molar-refractivity contribution in [1.29, 1.82) is 0 Å². The number of carboxylic acid groups (broad SMARTS) is 1. The van der Waals surface area contributed by atoms with Gasteiger partial charge in [0.25, 0.3) is 0 Å². The lowest BCUT2D eigenvalue weighted by Crippen LogP contribution is -2.10. The lowest BCUT2D eigenvalue weighted by molar-refractivity contribution is 0.0696. The highest BCUT2D eigenvalue weighted by Crippen LogP contribution is 2.28. The Hall–Kier alpha value is -2.54. The molecule has 3 rings (SSSR count). The van der Waals surface area contributed by atoms with Gasteiger partial charge >= 0.3 is 5.97 Å². The maximum atomic E-state index is 11.5. The van der Waals surface area contributed by atoms with Crippen molar-refractivity contribution in [3.05, 3.63) is 41.7 Å². The van der Waals surface area contributed by atoms with Gasteiger partial charge in [-0.2, -0.15) is 0 Å². The fraction of sp³-hybridized carbons (Fsp3) is 0.133. The minimum atomic E-state index is -1.05. The second-order valence-corrected chi connectivity index (χ2v) is 5.47. The SMILES string of the molecule is CSc1nc(C)c(C(=O)O)c(Nc2cccc3[nH]ccc23)n1. The third-order valence-corrected chi connectivity index (χ3v) is 3.86. The predicted molar refractivity (Wildman–Crippen MR) is 87.1 cm³/mol. The van der Waals surface area contributed by atoms with Crippen molar-refractivity contribution in [1.82, 2.24) is 15.0 Å². The number of anilines is 2. The molecule has 0 aliphatic rings. The lowest BCUT2D eigenvalue weighted by atomic mass is 10.2. The van der Waals surface area contributed by atoms with E-state index >= 15 is 0 Å². The van der Waals surface area contributed by atoms with Gasteiger partial charge in [-0.25, -0.2) is 14.8 Å². The van der Waals surface area contributed by atoms with E-state index in [2.05, 4.69) is 20.3 Å². The number of H-pyrrole nitrogens is 1. The van der Waals surface area contributed by atoms with E-state index < -0.39 is 5.97 Å². The van der Waals surface area contributed by atoms with Gasteiger partial charge in [-0.1, -0.05) is 17.8 Å². The number of rotatable bonds is 4. The van der Waals surface area contributed by atoms with Crippen molar-refractivity contribution in [2.24, 2.45) is 0 Å². The first kappa shape index (κ1) is 14.4. The summed E-state index contributed by atoms with van der Waals surface area (Å²) < 4.78 is 0. The second-order valence-electron chi connectivity index (χ2n) is 4.69. The number of hydrogen-bond donors (Lipinski definition) is 3. The average molecular weight is 314 g/mol. The number of benzene rings is 1.